The molecule has 0 spiro atoms. The summed E-state index contributed by atoms with van der Waals surface area (Å²) in [6.07, 6.45) is 1.55. The molecule has 1 aromatic rings. The molecule has 0 aliphatic carbocycles. The quantitative estimate of drug-likeness (QED) is 0.884. The molecular formula is C19H30N4O2. The molecule has 3 amide bonds. The van der Waals surface area contributed by atoms with Gasteiger partial charge in [0.25, 0.3) is 5.91 Å². The number of nitrogens with one attached hydrogen (secondary N) is 2. The first-order valence-corrected chi connectivity index (χ1v) is 8.81. The van der Waals surface area contributed by atoms with Crippen LogP contribution < -0.4 is 15.5 Å². The fraction of sp³-hybridized carbons (Fsp3) is 0.579. The van der Waals surface area contributed by atoms with E-state index in [1.165, 1.54) is 0 Å². The van der Waals surface area contributed by atoms with Gasteiger partial charge in [-0.05, 0) is 57.9 Å². The second-order valence-corrected chi connectivity index (χ2v) is 7.86. The van der Waals surface area contributed by atoms with Crippen molar-refractivity contribution in [2.75, 3.05) is 32.1 Å². The maximum Gasteiger partial charge on any atom is 0.317 e. The first kappa shape index (κ1) is 19.1. The van der Waals surface area contributed by atoms with Gasteiger partial charge in [0.15, 0.2) is 0 Å². The van der Waals surface area contributed by atoms with Gasteiger partial charge in [-0.25, -0.2) is 4.79 Å². The number of likely N-dealkylation sites (tertiary alicyclic amines) is 1. The first-order valence-electron chi connectivity index (χ1n) is 8.81. The Hall–Kier alpha value is -2.24. The maximum absolute atomic E-state index is 12.4. The second-order valence-electron chi connectivity index (χ2n) is 7.86. The van der Waals surface area contributed by atoms with Gasteiger partial charge in [-0.15, -0.1) is 0 Å². The SMILES string of the molecule is CN(C)c1ccc(C(=O)NC2CCN(C(=O)NC(C)(C)C)CC2)cc1. The average molecular weight is 346 g/mol. The van der Waals surface area contributed by atoms with Gasteiger partial charge in [0, 0.05) is 50.0 Å². The normalized spacial score (nSPS) is 15.6. The van der Waals surface area contributed by atoms with Gasteiger partial charge >= 0.3 is 6.03 Å². The Bertz CT molecular complexity index is 597. The molecule has 1 aliphatic rings. The lowest BCUT2D eigenvalue weighted by Crippen LogP contribution is -2.53. The summed E-state index contributed by atoms with van der Waals surface area (Å²) in [5, 5.41) is 6.06. The minimum atomic E-state index is -0.235. The van der Waals surface area contributed by atoms with Crippen LogP contribution in [0.2, 0.25) is 0 Å². The van der Waals surface area contributed by atoms with E-state index in [4.69, 9.17) is 0 Å². The van der Waals surface area contributed by atoms with Crippen molar-refractivity contribution < 1.29 is 9.59 Å². The number of nitrogens with zero attached hydrogens (tertiary/aromatic N) is 2. The van der Waals surface area contributed by atoms with Crippen LogP contribution >= 0.6 is 0 Å². The second kappa shape index (κ2) is 7.76. The minimum absolute atomic E-state index is 0.0310. The Labute approximate surface area is 150 Å². The molecule has 2 N–H and O–H groups in total. The fourth-order valence-corrected chi connectivity index (χ4v) is 2.81. The lowest BCUT2D eigenvalue weighted by Gasteiger charge is -2.34. The lowest BCUT2D eigenvalue weighted by atomic mass is 10.0. The van der Waals surface area contributed by atoms with Crippen LogP contribution in [-0.4, -0.2) is 55.6 Å². The number of hydrogen-bond donors (Lipinski definition) is 2. The largest absolute Gasteiger partial charge is 0.378 e. The van der Waals surface area contributed by atoms with Crippen LogP contribution in [0.25, 0.3) is 0 Å². The van der Waals surface area contributed by atoms with E-state index in [0.29, 0.717) is 18.7 Å². The molecule has 1 heterocycles. The summed E-state index contributed by atoms with van der Waals surface area (Å²) in [4.78, 5) is 28.4. The third-order valence-corrected chi connectivity index (χ3v) is 4.25. The Morgan fingerprint density at radius 2 is 1.64 bits per heavy atom. The summed E-state index contributed by atoms with van der Waals surface area (Å²) in [6, 6.07) is 7.65. The van der Waals surface area contributed by atoms with E-state index in [2.05, 4.69) is 10.6 Å². The molecule has 25 heavy (non-hydrogen) atoms. The van der Waals surface area contributed by atoms with Gasteiger partial charge in [-0.2, -0.15) is 0 Å². The molecule has 0 bridgehead atoms. The number of hydrogen-bond acceptors (Lipinski definition) is 3. The van der Waals surface area contributed by atoms with Crippen molar-refractivity contribution in [3.05, 3.63) is 29.8 Å². The highest BCUT2D eigenvalue weighted by Gasteiger charge is 2.26. The van der Waals surface area contributed by atoms with Gasteiger partial charge in [0.05, 0.1) is 0 Å². The summed E-state index contributed by atoms with van der Waals surface area (Å²) in [7, 11) is 3.94. The fourth-order valence-electron chi connectivity index (χ4n) is 2.81. The summed E-state index contributed by atoms with van der Waals surface area (Å²) in [6.45, 7) is 7.23. The van der Waals surface area contributed by atoms with E-state index in [-0.39, 0.29) is 23.5 Å². The topological polar surface area (TPSA) is 64.7 Å². The Morgan fingerprint density at radius 1 is 1.08 bits per heavy atom. The third kappa shape index (κ3) is 5.66. The van der Waals surface area contributed by atoms with Crippen molar-refractivity contribution >= 4 is 17.6 Å². The van der Waals surface area contributed by atoms with Crippen LogP contribution in [-0.2, 0) is 0 Å². The van der Waals surface area contributed by atoms with E-state index in [1.807, 2.05) is 68.9 Å². The van der Waals surface area contributed by atoms with Crippen molar-refractivity contribution in [2.24, 2.45) is 0 Å². The first-order chi connectivity index (χ1) is 11.7. The third-order valence-electron chi connectivity index (χ3n) is 4.25. The van der Waals surface area contributed by atoms with Gasteiger partial charge in [-0.3, -0.25) is 4.79 Å². The zero-order valence-corrected chi connectivity index (χ0v) is 15.9. The summed E-state index contributed by atoms with van der Waals surface area (Å²) in [5.41, 5.74) is 1.49. The molecular weight excluding hydrogens is 316 g/mol. The summed E-state index contributed by atoms with van der Waals surface area (Å²) < 4.78 is 0. The van der Waals surface area contributed by atoms with Crippen molar-refractivity contribution in [1.29, 1.82) is 0 Å². The number of urea groups is 1. The van der Waals surface area contributed by atoms with E-state index in [0.717, 1.165) is 18.5 Å². The van der Waals surface area contributed by atoms with Gasteiger partial charge < -0.3 is 20.4 Å². The molecule has 1 saturated heterocycles. The predicted molar refractivity (Wildman–Crippen MR) is 101 cm³/mol. The number of amides is 3. The zero-order chi connectivity index (χ0) is 18.6. The van der Waals surface area contributed by atoms with Crippen LogP contribution in [0.1, 0.15) is 44.0 Å². The zero-order valence-electron chi connectivity index (χ0n) is 15.9. The van der Waals surface area contributed by atoms with E-state index in [9.17, 15) is 9.59 Å². The number of carbonyl (C=O) groups excluding carboxylic acids is 2. The smallest absolute Gasteiger partial charge is 0.317 e. The van der Waals surface area contributed by atoms with Gasteiger partial charge in [0.2, 0.25) is 0 Å². The van der Waals surface area contributed by atoms with E-state index in [1.54, 1.807) is 0 Å². The van der Waals surface area contributed by atoms with Crippen molar-refractivity contribution in [3.63, 3.8) is 0 Å². The number of rotatable bonds is 3. The van der Waals surface area contributed by atoms with Crippen LogP contribution in [0.15, 0.2) is 24.3 Å². The molecule has 1 fully saturated rings. The highest BCUT2D eigenvalue weighted by atomic mass is 16.2. The van der Waals surface area contributed by atoms with Crippen molar-refractivity contribution in [1.82, 2.24) is 15.5 Å². The Balaban J connectivity index is 1.83. The molecule has 138 valence electrons. The molecule has 0 radical (unpaired) electrons. The number of benzene rings is 1. The molecule has 1 aliphatic heterocycles. The highest BCUT2D eigenvalue weighted by Crippen LogP contribution is 2.15. The Kier molecular flexibility index (Phi) is 5.93. The molecule has 2 rings (SSSR count). The summed E-state index contributed by atoms with van der Waals surface area (Å²) in [5.74, 6) is -0.0529. The molecule has 0 unspecified atom stereocenters. The Morgan fingerprint density at radius 3 is 2.12 bits per heavy atom. The van der Waals surface area contributed by atoms with Gasteiger partial charge in [0.1, 0.15) is 0 Å². The standard InChI is InChI=1S/C19H30N4O2/c1-19(2,3)21-18(25)23-12-10-15(11-13-23)20-17(24)14-6-8-16(9-7-14)22(4)5/h6-9,15H,10-13H2,1-5H3,(H,20,24)(H,21,25). The molecule has 1 aromatic carbocycles. The monoisotopic (exact) mass is 346 g/mol. The summed E-state index contributed by atoms with van der Waals surface area (Å²) >= 11 is 0. The predicted octanol–water partition coefficient (Wildman–Crippen LogP) is 2.45. The minimum Gasteiger partial charge on any atom is -0.378 e. The van der Waals surface area contributed by atoms with Crippen LogP contribution in [0.5, 0.6) is 0 Å². The highest BCUT2D eigenvalue weighted by molar-refractivity contribution is 5.94. The van der Waals surface area contributed by atoms with Crippen LogP contribution in [0.4, 0.5) is 10.5 Å². The number of anilines is 1. The average Bonchev–Trinajstić information content (AvgIpc) is 2.54. The van der Waals surface area contributed by atoms with Crippen LogP contribution in [0.3, 0.4) is 0 Å². The number of carbonyl (C=O) groups is 2. The molecule has 0 aromatic heterocycles. The van der Waals surface area contributed by atoms with E-state index < -0.39 is 0 Å². The molecule has 6 heteroatoms. The lowest BCUT2D eigenvalue weighted by molar-refractivity contribution is 0.0917. The van der Waals surface area contributed by atoms with E-state index >= 15 is 0 Å². The van der Waals surface area contributed by atoms with Crippen LogP contribution in [0, 0.1) is 0 Å². The number of piperidine rings is 1. The van der Waals surface area contributed by atoms with Crippen molar-refractivity contribution in [2.45, 2.75) is 45.2 Å². The molecule has 6 nitrogen and oxygen atoms in total. The maximum atomic E-state index is 12.4. The van der Waals surface area contributed by atoms with Crippen molar-refractivity contribution in [3.8, 4) is 0 Å². The molecule has 0 saturated carbocycles. The van der Waals surface area contributed by atoms with Gasteiger partial charge in [-0.1, -0.05) is 0 Å². The molecule has 0 atom stereocenters.